The third-order valence-electron chi connectivity index (χ3n) is 3.77. The first-order chi connectivity index (χ1) is 12.6. The topological polar surface area (TPSA) is 75.0 Å². The first-order valence-electron chi connectivity index (χ1n) is 8.09. The molecule has 0 atom stereocenters. The van der Waals surface area contributed by atoms with Gasteiger partial charge in [0.05, 0.1) is 0 Å². The number of aromatic nitrogens is 1. The summed E-state index contributed by atoms with van der Waals surface area (Å²) in [5.74, 6) is 0.548. The molecule has 0 saturated heterocycles. The zero-order valence-corrected chi connectivity index (χ0v) is 14.5. The van der Waals surface area contributed by atoms with Crippen LogP contribution >= 0.6 is 0 Å². The van der Waals surface area contributed by atoms with E-state index in [0.29, 0.717) is 22.6 Å². The molecule has 0 spiro atoms. The van der Waals surface area contributed by atoms with Crippen LogP contribution in [0, 0.1) is 25.2 Å². The van der Waals surface area contributed by atoms with Crippen LogP contribution in [0.25, 0.3) is 0 Å². The van der Waals surface area contributed by atoms with E-state index in [-0.39, 0.29) is 11.8 Å². The molecular formula is C21H17N3O2. The van der Waals surface area contributed by atoms with Crippen molar-refractivity contribution in [1.82, 2.24) is 4.98 Å². The largest absolute Gasteiger partial charge is 0.438 e. The molecule has 0 fully saturated rings. The quantitative estimate of drug-likeness (QED) is 0.750. The van der Waals surface area contributed by atoms with Gasteiger partial charge in [0.15, 0.2) is 0 Å². The summed E-state index contributed by atoms with van der Waals surface area (Å²) in [7, 11) is 0. The number of pyridine rings is 1. The molecule has 0 aliphatic rings. The van der Waals surface area contributed by atoms with Crippen molar-refractivity contribution < 1.29 is 9.53 Å². The number of hydrogen-bond acceptors (Lipinski definition) is 4. The smallest absolute Gasteiger partial charge is 0.255 e. The average Bonchev–Trinajstić information content (AvgIpc) is 2.62. The number of carbonyl (C=O) groups excluding carboxylic acids is 1. The van der Waals surface area contributed by atoms with Crippen LogP contribution in [0.15, 0.2) is 60.7 Å². The Morgan fingerprint density at radius 3 is 2.58 bits per heavy atom. The molecule has 2 aromatic carbocycles. The Morgan fingerprint density at radius 1 is 1.08 bits per heavy atom. The van der Waals surface area contributed by atoms with Gasteiger partial charge in [0, 0.05) is 23.0 Å². The van der Waals surface area contributed by atoms with Gasteiger partial charge in [-0.2, -0.15) is 5.26 Å². The number of hydrogen-bond donors (Lipinski definition) is 1. The minimum atomic E-state index is -0.204. The second-order valence-corrected chi connectivity index (χ2v) is 5.82. The van der Waals surface area contributed by atoms with Crippen molar-refractivity contribution >= 4 is 11.6 Å². The lowest BCUT2D eigenvalue weighted by atomic mass is 10.1. The Labute approximate surface area is 151 Å². The summed E-state index contributed by atoms with van der Waals surface area (Å²) in [6, 6.07) is 19.9. The minimum Gasteiger partial charge on any atom is -0.438 e. The second-order valence-electron chi connectivity index (χ2n) is 5.82. The van der Waals surface area contributed by atoms with Crippen molar-refractivity contribution in [1.29, 1.82) is 5.26 Å². The van der Waals surface area contributed by atoms with E-state index in [1.54, 1.807) is 36.4 Å². The summed E-state index contributed by atoms with van der Waals surface area (Å²) in [5.41, 5.74) is 3.14. The van der Waals surface area contributed by atoms with E-state index < -0.39 is 0 Å². The monoisotopic (exact) mass is 343 g/mol. The molecule has 0 radical (unpaired) electrons. The van der Waals surface area contributed by atoms with Gasteiger partial charge in [-0.3, -0.25) is 4.79 Å². The third-order valence-corrected chi connectivity index (χ3v) is 3.77. The molecule has 5 heteroatoms. The molecule has 128 valence electrons. The molecule has 1 heterocycles. The molecule has 1 amide bonds. The van der Waals surface area contributed by atoms with Gasteiger partial charge in [-0.25, -0.2) is 4.98 Å². The predicted octanol–water partition coefficient (Wildman–Crippen LogP) is 4.61. The number of ether oxygens (including phenoxy) is 1. The first kappa shape index (κ1) is 17.2. The molecule has 1 aromatic heterocycles. The van der Waals surface area contributed by atoms with Crippen LogP contribution in [0.1, 0.15) is 27.2 Å². The number of nitrogens with one attached hydrogen (secondary N) is 1. The SMILES string of the molecule is Cc1cc(C)c(C#N)c(Oc2cccc(NC(=O)c3ccccc3)c2)n1. The van der Waals surface area contributed by atoms with Crippen LogP contribution in [0.3, 0.4) is 0 Å². The maximum absolute atomic E-state index is 12.3. The molecule has 0 bridgehead atoms. The fourth-order valence-electron chi connectivity index (χ4n) is 2.55. The fraction of sp³-hybridized carbons (Fsp3) is 0.0952. The molecule has 5 nitrogen and oxygen atoms in total. The Kier molecular flexibility index (Phi) is 4.95. The number of carbonyl (C=O) groups is 1. The molecule has 1 N–H and O–H groups in total. The molecule has 0 unspecified atom stereocenters. The summed E-state index contributed by atoms with van der Waals surface area (Å²) in [4.78, 5) is 16.6. The van der Waals surface area contributed by atoms with Crippen LogP contribution in [0.4, 0.5) is 5.69 Å². The number of aryl methyl sites for hydroxylation is 2. The van der Waals surface area contributed by atoms with Gasteiger partial charge in [-0.1, -0.05) is 24.3 Å². The molecular weight excluding hydrogens is 326 g/mol. The second kappa shape index (κ2) is 7.49. The molecule has 0 saturated carbocycles. The van der Waals surface area contributed by atoms with Crippen molar-refractivity contribution in [3.05, 3.63) is 83.0 Å². The maximum Gasteiger partial charge on any atom is 0.255 e. The van der Waals surface area contributed by atoms with Crippen LogP contribution in [0.5, 0.6) is 11.6 Å². The normalized spacial score (nSPS) is 10.0. The van der Waals surface area contributed by atoms with E-state index in [4.69, 9.17) is 4.74 Å². The van der Waals surface area contributed by atoms with Gasteiger partial charge in [0.1, 0.15) is 17.4 Å². The predicted molar refractivity (Wildman–Crippen MR) is 99.3 cm³/mol. The van der Waals surface area contributed by atoms with E-state index >= 15 is 0 Å². The Bertz CT molecular complexity index is 992. The number of nitrogens with zero attached hydrogens (tertiary/aromatic N) is 2. The van der Waals surface area contributed by atoms with Crippen molar-refractivity contribution in [3.8, 4) is 17.7 Å². The fourth-order valence-corrected chi connectivity index (χ4v) is 2.55. The summed E-state index contributed by atoms with van der Waals surface area (Å²) in [5, 5.41) is 12.2. The third kappa shape index (κ3) is 3.87. The minimum absolute atomic E-state index is 0.204. The van der Waals surface area contributed by atoms with Gasteiger partial charge in [0.2, 0.25) is 5.88 Å². The molecule has 26 heavy (non-hydrogen) atoms. The molecule has 0 aliphatic heterocycles. The van der Waals surface area contributed by atoms with E-state index in [0.717, 1.165) is 11.3 Å². The zero-order chi connectivity index (χ0) is 18.5. The average molecular weight is 343 g/mol. The van der Waals surface area contributed by atoms with Gasteiger partial charge >= 0.3 is 0 Å². The van der Waals surface area contributed by atoms with E-state index in [1.165, 1.54) is 0 Å². The Morgan fingerprint density at radius 2 is 1.85 bits per heavy atom. The van der Waals surface area contributed by atoms with Crippen LogP contribution in [-0.2, 0) is 0 Å². The van der Waals surface area contributed by atoms with Crippen molar-refractivity contribution in [2.75, 3.05) is 5.32 Å². The lowest BCUT2D eigenvalue weighted by Crippen LogP contribution is -2.11. The standard InChI is InChI=1S/C21H17N3O2/c1-14-11-15(2)23-21(19(14)13-22)26-18-10-6-9-17(12-18)24-20(25)16-7-4-3-5-8-16/h3-12H,1-2H3,(H,24,25). The highest BCUT2D eigenvalue weighted by atomic mass is 16.5. The van der Waals surface area contributed by atoms with Crippen molar-refractivity contribution in [3.63, 3.8) is 0 Å². The van der Waals surface area contributed by atoms with E-state index in [2.05, 4.69) is 16.4 Å². The summed E-state index contributed by atoms with van der Waals surface area (Å²) >= 11 is 0. The molecule has 3 aromatic rings. The highest BCUT2D eigenvalue weighted by Gasteiger charge is 2.12. The summed E-state index contributed by atoms with van der Waals surface area (Å²) in [6.45, 7) is 3.69. The highest BCUT2D eigenvalue weighted by molar-refractivity contribution is 6.04. The Balaban J connectivity index is 1.83. The van der Waals surface area contributed by atoms with Crippen LogP contribution < -0.4 is 10.1 Å². The van der Waals surface area contributed by atoms with Crippen molar-refractivity contribution in [2.24, 2.45) is 0 Å². The molecule has 0 aliphatic carbocycles. The van der Waals surface area contributed by atoms with Gasteiger partial charge in [-0.05, 0) is 49.7 Å². The maximum atomic E-state index is 12.3. The summed E-state index contributed by atoms with van der Waals surface area (Å²) in [6.07, 6.45) is 0. The highest BCUT2D eigenvalue weighted by Crippen LogP contribution is 2.27. The van der Waals surface area contributed by atoms with E-state index in [1.807, 2.05) is 38.1 Å². The first-order valence-corrected chi connectivity index (χ1v) is 8.09. The number of rotatable bonds is 4. The van der Waals surface area contributed by atoms with Gasteiger partial charge in [0.25, 0.3) is 5.91 Å². The number of nitriles is 1. The lowest BCUT2D eigenvalue weighted by molar-refractivity contribution is 0.102. The summed E-state index contributed by atoms with van der Waals surface area (Å²) < 4.78 is 5.81. The lowest BCUT2D eigenvalue weighted by Gasteiger charge is -2.11. The number of amides is 1. The Hall–Kier alpha value is -3.65. The van der Waals surface area contributed by atoms with Gasteiger partial charge in [-0.15, -0.1) is 0 Å². The van der Waals surface area contributed by atoms with Crippen LogP contribution in [-0.4, -0.2) is 10.9 Å². The van der Waals surface area contributed by atoms with E-state index in [9.17, 15) is 10.1 Å². The van der Waals surface area contributed by atoms with Gasteiger partial charge < -0.3 is 10.1 Å². The number of benzene rings is 2. The zero-order valence-electron chi connectivity index (χ0n) is 14.5. The molecule has 3 rings (SSSR count). The number of anilines is 1. The van der Waals surface area contributed by atoms with Crippen LogP contribution in [0.2, 0.25) is 0 Å². The van der Waals surface area contributed by atoms with Crippen molar-refractivity contribution in [2.45, 2.75) is 13.8 Å².